The van der Waals surface area contributed by atoms with Gasteiger partial charge in [0.25, 0.3) is 0 Å². The Morgan fingerprint density at radius 2 is 1.06 bits per heavy atom. The van der Waals surface area contributed by atoms with E-state index in [-0.39, 0.29) is 16.9 Å². The van der Waals surface area contributed by atoms with Crippen molar-refractivity contribution in [1.29, 1.82) is 0 Å². The lowest BCUT2D eigenvalue weighted by molar-refractivity contribution is 0.0696. The molecule has 0 spiro atoms. The highest BCUT2D eigenvalue weighted by atomic mass is 16.5. The molecule has 34 heavy (non-hydrogen) atoms. The number of benzene rings is 3. The molecule has 7 nitrogen and oxygen atoms in total. The van der Waals surface area contributed by atoms with Crippen LogP contribution in [0.3, 0.4) is 0 Å². The fraction of sp³-hybridized carbons (Fsp3) is 0.259. The molecule has 0 saturated carbocycles. The molecule has 0 amide bonds. The fourth-order valence-electron chi connectivity index (χ4n) is 3.39. The van der Waals surface area contributed by atoms with E-state index in [0.717, 1.165) is 54.4 Å². The van der Waals surface area contributed by atoms with Crippen molar-refractivity contribution in [2.45, 2.75) is 25.7 Å². The number of hydrogen-bond acceptors (Lipinski definition) is 5. The highest BCUT2D eigenvalue weighted by Gasteiger charge is 2.12. The number of rotatable bonds is 13. The fourth-order valence-corrected chi connectivity index (χ4v) is 3.39. The molecule has 0 unspecified atom stereocenters. The Labute approximate surface area is 198 Å². The average molecular weight is 465 g/mol. The first-order valence-electron chi connectivity index (χ1n) is 11.1. The Kier molecular flexibility index (Phi) is 8.91. The molecule has 0 aliphatic carbocycles. The number of carboxylic acid groups (broad SMARTS) is 2. The summed E-state index contributed by atoms with van der Waals surface area (Å²) in [4.78, 5) is 22.3. The summed E-state index contributed by atoms with van der Waals surface area (Å²) in [7, 11) is 1.65. The summed E-state index contributed by atoms with van der Waals surface area (Å²) in [5.74, 6) is -0.478. The monoisotopic (exact) mass is 464 g/mol. The zero-order valence-electron chi connectivity index (χ0n) is 19.0. The van der Waals surface area contributed by atoms with Crippen LogP contribution >= 0.6 is 0 Å². The first-order chi connectivity index (χ1) is 16.5. The third-order valence-electron chi connectivity index (χ3n) is 5.25. The Balaban J connectivity index is 1.33. The highest BCUT2D eigenvalue weighted by molar-refractivity contribution is 5.94. The molecule has 3 aromatic carbocycles. The number of aromatic carboxylic acids is 2. The molecule has 0 aliphatic rings. The summed E-state index contributed by atoms with van der Waals surface area (Å²) in [6, 6.07) is 19.7. The van der Waals surface area contributed by atoms with Gasteiger partial charge in [0.1, 0.15) is 17.2 Å². The van der Waals surface area contributed by atoms with Crippen molar-refractivity contribution in [3.05, 3.63) is 77.9 Å². The molecule has 0 atom stereocenters. The number of carboxylic acids is 2. The average Bonchev–Trinajstić information content (AvgIpc) is 2.86. The van der Waals surface area contributed by atoms with Crippen LogP contribution in [0.25, 0.3) is 11.1 Å². The van der Waals surface area contributed by atoms with Gasteiger partial charge in [0, 0.05) is 0 Å². The number of carbonyl (C=O) groups is 2. The standard InChI is InChI=1S/C27H28O7/c1-32-23-10-6-19(7-11-23)20-8-12-24(13-9-20)33-14-4-2-3-5-15-34-25-17-21(26(28)29)16-22(18-25)27(30)31/h6-13,16-18H,2-5,14-15H2,1H3,(H,28,29)(H,30,31). The van der Waals surface area contributed by atoms with Crippen LogP contribution in [-0.4, -0.2) is 42.5 Å². The molecule has 3 rings (SSSR count). The first kappa shape index (κ1) is 24.6. The molecule has 3 aromatic rings. The molecular weight excluding hydrogens is 436 g/mol. The van der Waals surface area contributed by atoms with E-state index in [9.17, 15) is 9.59 Å². The van der Waals surface area contributed by atoms with Gasteiger partial charge in [-0.15, -0.1) is 0 Å². The SMILES string of the molecule is COc1ccc(-c2ccc(OCCCCCCOc3cc(C(=O)O)cc(C(=O)O)c3)cc2)cc1. The summed E-state index contributed by atoms with van der Waals surface area (Å²) in [6.45, 7) is 1.00. The van der Waals surface area contributed by atoms with Gasteiger partial charge in [0.2, 0.25) is 0 Å². The second kappa shape index (κ2) is 12.3. The van der Waals surface area contributed by atoms with Gasteiger partial charge < -0.3 is 24.4 Å². The molecule has 7 heteroatoms. The van der Waals surface area contributed by atoms with E-state index >= 15 is 0 Å². The van der Waals surface area contributed by atoms with Crippen LogP contribution < -0.4 is 14.2 Å². The second-order valence-corrected chi connectivity index (χ2v) is 7.72. The van der Waals surface area contributed by atoms with Crippen LogP contribution in [0.1, 0.15) is 46.4 Å². The van der Waals surface area contributed by atoms with Gasteiger partial charge in [0.05, 0.1) is 31.5 Å². The lowest BCUT2D eigenvalue weighted by Gasteiger charge is -2.09. The van der Waals surface area contributed by atoms with Crippen LogP contribution in [0.4, 0.5) is 0 Å². The van der Waals surface area contributed by atoms with E-state index in [1.54, 1.807) is 7.11 Å². The molecule has 178 valence electrons. The van der Waals surface area contributed by atoms with Crippen LogP contribution in [-0.2, 0) is 0 Å². The zero-order chi connectivity index (χ0) is 24.3. The Morgan fingerprint density at radius 1 is 0.618 bits per heavy atom. The number of methoxy groups -OCH3 is 1. The van der Waals surface area contributed by atoms with E-state index in [1.165, 1.54) is 12.1 Å². The number of ether oxygens (including phenoxy) is 3. The molecule has 0 aliphatic heterocycles. The summed E-state index contributed by atoms with van der Waals surface area (Å²) < 4.78 is 16.6. The van der Waals surface area contributed by atoms with Crippen LogP contribution in [0.5, 0.6) is 17.2 Å². The van der Waals surface area contributed by atoms with E-state index < -0.39 is 11.9 Å². The summed E-state index contributed by atoms with van der Waals surface area (Å²) in [5, 5.41) is 18.2. The minimum atomic E-state index is -1.19. The van der Waals surface area contributed by atoms with E-state index in [0.29, 0.717) is 13.2 Å². The minimum absolute atomic E-state index is 0.107. The largest absolute Gasteiger partial charge is 0.497 e. The van der Waals surface area contributed by atoms with E-state index in [4.69, 9.17) is 24.4 Å². The topological polar surface area (TPSA) is 102 Å². The predicted octanol–water partition coefficient (Wildman–Crippen LogP) is 5.78. The Morgan fingerprint density at radius 3 is 1.50 bits per heavy atom. The maximum atomic E-state index is 11.1. The molecule has 0 aromatic heterocycles. The van der Waals surface area contributed by atoms with Gasteiger partial charge in [0.15, 0.2) is 0 Å². The van der Waals surface area contributed by atoms with Crippen molar-refractivity contribution in [2.24, 2.45) is 0 Å². The van der Waals surface area contributed by atoms with Gasteiger partial charge in [-0.05, 0) is 79.3 Å². The second-order valence-electron chi connectivity index (χ2n) is 7.72. The maximum absolute atomic E-state index is 11.1. The summed E-state index contributed by atoms with van der Waals surface area (Å²) >= 11 is 0. The van der Waals surface area contributed by atoms with Crippen molar-refractivity contribution in [1.82, 2.24) is 0 Å². The molecule has 0 heterocycles. The third kappa shape index (κ3) is 7.27. The van der Waals surface area contributed by atoms with Crippen molar-refractivity contribution in [2.75, 3.05) is 20.3 Å². The van der Waals surface area contributed by atoms with Crippen LogP contribution in [0.15, 0.2) is 66.7 Å². The maximum Gasteiger partial charge on any atom is 0.335 e. The summed E-state index contributed by atoms with van der Waals surface area (Å²) in [5.41, 5.74) is 2.01. The van der Waals surface area contributed by atoms with E-state index in [1.807, 2.05) is 48.5 Å². The molecule has 0 radical (unpaired) electrons. The van der Waals surface area contributed by atoms with Gasteiger partial charge in [-0.25, -0.2) is 9.59 Å². The lowest BCUT2D eigenvalue weighted by atomic mass is 10.1. The predicted molar refractivity (Wildman–Crippen MR) is 128 cm³/mol. The molecule has 0 bridgehead atoms. The van der Waals surface area contributed by atoms with Crippen LogP contribution in [0, 0.1) is 0 Å². The van der Waals surface area contributed by atoms with Crippen molar-refractivity contribution < 1.29 is 34.0 Å². The van der Waals surface area contributed by atoms with E-state index in [2.05, 4.69) is 0 Å². The molecule has 0 fully saturated rings. The Hall–Kier alpha value is -4.00. The Bertz CT molecular complexity index is 1060. The number of unbranched alkanes of at least 4 members (excludes halogenated alkanes) is 3. The normalized spacial score (nSPS) is 10.5. The summed E-state index contributed by atoms with van der Waals surface area (Å²) in [6.07, 6.45) is 3.56. The van der Waals surface area contributed by atoms with Gasteiger partial charge >= 0.3 is 11.9 Å². The smallest absolute Gasteiger partial charge is 0.335 e. The molecule has 2 N–H and O–H groups in total. The van der Waals surface area contributed by atoms with Gasteiger partial charge in [-0.3, -0.25) is 0 Å². The quantitative estimate of drug-likeness (QED) is 0.309. The van der Waals surface area contributed by atoms with Crippen molar-refractivity contribution in [3.63, 3.8) is 0 Å². The third-order valence-corrected chi connectivity index (χ3v) is 5.25. The number of hydrogen-bond donors (Lipinski definition) is 2. The molecule has 0 saturated heterocycles. The zero-order valence-corrected chi connectivity index (χ0v) is 19.0. The molecular formula is C27H28O7. The highest BCUT2D eigenvalue weighted by Crippen LogP contribution is 2.24. The lowest BCUT2D eigenvalue weighted by Crippen LogP contribution is -2.05. The van der Waals surface area contributed by atoms with Gasteiger partial charge in [-0.1, -0.05) is 24.3 Å². The first-order valence-corrected chi connectivity index (χ1v) is 11.1. The minimum Gasteiger partial charge on any atom is -0.497 e. The van der Waals surface area contributed by atoms with Crippen molar-refractivity contribution >= 4 is 11.9 Å². The van der Waals surface area contributed by atoms with Crippen molar-refractivity contribution in [3.8, 4) is 28.4 Å². The van der Waals surface area contributed by atoms with Crippen LogP contribution in [0.2, 0.25) is 0 Å². The van der Waals surface area contributed by atoms with Gasteiger partial charge in [-0.2, -0.15) is 0 Å².